The summed E-state index contributed by atoms with van der Waals surface area (Å²) < 4.78 is 18.9. The molecule has 9 heteroatoms. The molecule has 1 saturated heterocycles. The van der Waals surface area contributed by atoms with Gasteiger partial charge in [-0.05, 0) is 55.3 Å². The van der Waals surface area contributed by atoms with Crippen LogP contribution in [0.25, 0.3) is 0 Å². The second kappa shape index (κ2) is 11.0. The highest BCUT2D eigenvalue weighted by Crippen LogP contribution is 2.25. The Kier molecular flexibility index (Phi) is 8.29. The van der Waals surface area contributed by atoms with Crippen LogP contribution in [0.15, 0.2) is 42.5 Å². The van der Waals surface area contributed by atoms with E-state index in [1.165, 1.54) is 12.1 Å². The molecule has 7 nitrogen and oxygen atoms in total. The molecule has 0 aliphatic carbocycles. The molecule has 1 heterocycles. The number of nitrogens with two attached hydrogens (primary N) is 1. The number of carbonyl (C=O) groups is 2. The molecule has 1 aliphatic heterocycles. The highest BCUT2D eigenvalue weighted by atomic mass is 35.5. The van der Waals surface area contributed by atoms with E-state index in [4.69, 9.17) is 27.2 Å². The van der Waals surface area contributed by atoms with Gasteiger partial charge in [0, 0.05) is 43.2 Å². The van der Waals surface area contributed by atoms with Crippen molar-refractivity contribution in [1.82, 2.24) is 9.80 Å². The van der Waals surface area contributed by atoms with Crippen molar-refractivity contribution in [3.63, 3.8) is 0 Å². The average molecular weight is 478 g/mol. The first-order valence-electron chi connectivity index (χ1n) is 10.8. The SMILES string of the molecule is CC1CN(C(=O)COc2ccc(Cl)cc2CC(N)C(=O)O)C(C)CN1Cc1ccc(F)cc1. The highest BCUT2D eigenvalue weighted by Gasteiger charge is 2.32. The van der Waals surface area contributed by atoms with Crippen LogP contribution in [0.2, 0.25) is 5.02 Å². The van der Waals surface area contributed by atoms with Crippen LogP contribution < -0.4 is 10.5 Å². The number of amides is 1. The van der Waals surface area contributed by atoms with E-state index in [0.29, 0.717) is 36.0 Å². The zero-order valence-electron chi connectivity index (χ0n) is 18.7. The van der Waals surface area contributed by atoms with Gasteiger partial charge in [-0.2, -0.15) is 0 Å². The van der Waals surface area contributed by atoms with Gasteiger partial charge >= 0.3 is 5.97 Å². The topological polar surface area (TPSA) is 96.1 Å². The van der Waals surface area contributed by atoms with E-state index in [2.05, 4.69) is 11.8 Å². The molecule has 3 unspecified atom stereocenters. The fourth-order valence-corrected chi connectivity index (χ4v) is 4.18. The minimum absolute atomic E-state index is 0.0251. The quantitative estimate of drug-likeness (QED) is 0.607. The normalized spacial score (nSPS) is 19.8. The number of benzene rings is 2. The first-order valence-corrected chi connectivity index (χ1v) is 11.2. The van der Waals surface area contributed by atoms with Crippen LogP contribution in [0.4, 0.5) is 4.39 Å². The third-order valence-corrected chi connectivity index (χ3v) is 6.10. The Morgan fingerprint density at radius 3 is 2.55 bits per heavy atom. The summed E-state index contributed by atoms with van der Waals surface area (Å²) in [6.45, 7) is 5.78. The van der Waals surface area contributed by atoms with Crippen LogP contribution in [-0.4, -0.2) is 64.6 Å². The van der Waals surface area contributed by atoms with E-state index in [1.54, 1.807) is 35.2 Å². The molecule has 2 aromatic carbocycles. The number of rotatable bonds is 8. The fraction of sp³-hybridized carbons (Fsp3) is 0.417. The molecule has 0 aromatic heterocycles. The number of hydrogen-bond acceptors (Lipinski definition) is 5. The summed E-state index contributed by atoms with van der Waals surface area (Å²) in [6.07, 6.45) is 0.0366. The summed E-state index contributed by atoms with van der Waals surface area (Å²) in [5.74, 6) is -1.15. The van der Waals surface area contributed by atoms with Gasteiger partial charge < -0.3 is 20.5 Å². The van der Waals surface area contributed by atoms with Gasteiger partial charge in [0.1, 0.15) is 17.6 Å². The molecular weight excluding hydrogens is 449 g/mol. The lowest BCUT2D eigenvalue weighted by molar-refractivity contribution is -0.140. The van der Waals surface area contributed by atoms with Crippen LogP contribution in [0.3, 0.4) is 0 Å². The number of ether oxygens (including phenoxy) is 1. The summed E-state index contributed by atoms with van der Waals surface area (Å²) in [6, 6.07) is 10.3. The van der Waals surface area contributed by atoms with Gasteiger partial charge in [-0.1, -0.05) is 23.7 Å². The number of halogens is 2. The lowest BCUT2D eigenvalue weighted by Crippen LogP contribution is -2.58. The molecule has 3 N–H and O–H groups in total. The summed E-state index contributed by atoms with van der Waals surface area (Å²) in [7, 11) is 0. The first-order chi connectivity index (χ1) is 15.6. The first kappa shape index (κ1) is 25.0. The summed E-state index contributed by atoms with van der Waals surface area (Å²) >= 11 is 6.04. The fourth-order valence-electron chi connectivity index (χ4n) is 3.99. The third-order valence-electron chi connectivity index (χ3n) is 5.87. The molecular formula is C24H29ClFN3O4. The summed E-state index contributed by atoms with van der Waals surface area (Å²) in [5.41, 5.74) is 7.21. The summed E-state index contributed by atoms with van der Waals surface area (Å²) in [4.78, 5) is 28.1. The molecule has 2 aromatic rings. The number of carboxylic acid groups (broad SMARTS) is 1. The largest absolute Gasteiger partial charge is 0.483 e. The standard InChI is InChI=1S/C24H29ClFN3O4/c1-15-12-29(16(2)11-28(15)13-17-3-6-20(26)7-4-17)23(30)14-33-22-8-5-19(25)9-18(22)10-21(27)24(31)32/h3-9,15-16,21H,10-14,27H2,1-2H3,(H,31,32). The van der Waals surface area contributed by atoms with Crippen molar-refractivity contribution in [2.45, 2.75) is 44.9 Å². The Morgan fingerprint density at radius 1 is 1.18 bits per heavy atom. The van der Waals surface area contributed by atoms with E-state index in [9.17, 15) is 14.0 Å². The van der Waals surface area contributed by atoms with Crippen molar-refractivity contribution >= 4 is 23.5 Å². The molecule has 0 bridgehead atoms. The molecule has 33 heavy (non-hydrogen) atoms. The van der Waals surface area contributed by atoms with Crippen molar-refractivity contribution in [2.24, 2.45) is 5.73 Å². The Bertz CT molecular complexity index is 988. The minimum atomic E-state index is -1.13. The van der Waals surface area contributed by atoms with Crippen molar-refractivity contribution in [2.75, 3.05) is 19.7 Å². The van der Waals surface area contributed by atoms with Gasteiger partial charge in [0.25, 0.3) is 5.91 Å². The van der Waals surface area contributed by atoms with Gasteiger partial charge in [0.15, 0.2) is 6.61 Å². The van der Waals surface area contributed by atoms with Gasteiger partial charge in [0.2, 0.25) is 0 Å². The number of carbonyl (C=O) groups excluding carboxylic acids is 1. The second-order valence-electron chi connectivity index (χ2n) is 8.49. The predicted molar refractivity (Wildman–Crippen MR) is 124 cm³/mol. The Morgan fingerprint density at radius 2 is 1.88 bits per heavy atom. The van der Waals surface area contributed by atoms with E-state index in [0.717, 1.165) is 5.56 Å². The van der Waals surface area contributed by atoms with Crippen molar-refractivity contribution in [3.05, 3.63) is 64.4 Å². The van der Waals surface area contributed by atoms with Crippen LogP contribution in [0, 0.1) is 5.82 Å². The lowest BCUT2D eigenvalue weighted by atomic mass is 10.1. The zero-order chi connectivity index (χ0) is 24.1. The second-order valence-corrected chi connectivity index (χ2v) is 8.93. The maximum Gasteiger partial charge on any atom is 0.320 e. The van der Waals surface area contributed by atoms with Gasteiger partial charge in [-0.25, -0.2) is 4.39 Å². The van der Waals surface area contributed by atoms with E-state index in [1.807, 2.05) is 6.92 Å². The molecule has 1 fully saturated rings. The Labute approximate surface area is 197 Å². The Balaban J connectivity index is 1.60. The van der Waals surface area contributed by atoms with Crippen molar-refractivity contribution in [3.8, 4) is 5.75 Å². The van der Waals surface area contributed by atoms with Gasteiger partial charge in [0.05, 0.1) is 0 Å². The van der Waals surface area contributed by atoms with E-state index in [-0.39, 0.29) is 36.8 Å². The summed E-state index contributed by atoms with van der Waals surface area (Å²) in [5, 5.41) is 9.52. The van der Waals surface area contributed by atoms with Crippen molar-refractivity contribution in [1.29, 1.82) is 0 Å². The monoisotopic (exact) mass is 477 g/mol. The Hall–Kier alpha value is -2.68. The van der Waals surface area contributed by atoms with Crippen molar-refractivity contribution < 1.29 is 23.8 Å². The third kappa shape index (κ3) is 6.66. The zero-order valence-corrected chi connectivity index (χ0v) is 19.5. The molecule has 3 rings (SSSR count). The molecule has 1 amide bonds. The van der Waals surface area contributed by atoms with Gasteiger partial charge in [-0.3, -0.25) is 14.5 Å². The number of nitrogens with zero attached hydrogens (tertiary/aromatic N) is 2. The number of carboxylic acids is 1. The molecule has 0 radical (unpaired) electrons. The van der Waals surface area contributed by atoms with Crippen LogP contribution in [0.5, 0.6) is 5.75 Å². The van der Waals surface area contributed by atoms with Crippen LogP contribution in [0.1, 0.15) is 25.0 Å². The predicted octanol–water partition coefficient (Wildman–Crippen LogP) is 2.93. The molecule has 1 aliphatic rings. The average Bonchev–Trinajstić information content (AvgIpc) is 2.76. The lowest BCUT2D eigenvalue weighted by Gasteiger charge is -2.44. The number of piperazine rings is 1. The molecule has 0 spiro atoms. The van der Waals surface area contributed by atoms with Gasteiger partial charge in [-0.15, -0.1) is 0 Å². The van der Waals surface area contributed by atoms with E-state index < -0.39 is 12.0 Å². The number of aliphatic carboxylic acids is 1. The molecule has 178 valence electrons. The smallest absolute Gasteiger partial charge is 0.320 e. The number of hydrogen-bond donors (Lipinski definition) is 2. The maximum atomic E-state index is 13.2. The minimum Gasteiger partial charge on any atom is -0.483 e. The van der Waals surface area contributed by atoms with E-state index >= 15 is 0 Å². The maximum absolute atomic E-state index is 13.2. The van der Waals surface area contributed by atoms with Crippen LogP contribution in [-0.2, 0) is 22.6 Å². The molecule has 0 saturated carbocycles. The molecule has 3 atom stereocenters. The van der Waals surface area contributed by atoms with Crippen LogP contribution >= 0.6 is 11.6 Å². The highest BCUT2D eigenvalue weighted by molar-refractivity contribution is 6.30.